The summed E-state index contributed by atoms with van der Waals surface area (Å²) in [6.07, 6.45) is -4.99. The van der Waals surface area contributed by atoms with E-state index in [-0.39, 0.29) is 29.2 Å². The van der Waals surface area contributed by atoms with Crippen molar-refractivity contribution in [3.8, 4) is 16.9 Å². The zero-order valence-electron chi connectivity index (χ0n) is 21.3. The predicted molar refractivity (Wildman–Crippen MR) is 141 cm³/mol. The molecular formula is C27H22F3N5O6. The Balaban J connectivity index is 1.53. The Morgan fingerprint density at radius 2 is 1.76 bits per heavy atom. The summed E-state index contributed by atoms with van der Waals surface area (Å²) in [5.74, 6) is -1.39. The zero-order valence-corrected chi connectivity index (χ0v) is 21.3. The summed E-state index contributed by atoms with van der Waals surface area (Å²) in [4.78, 5) is 55.9. The molecule has 0 aliphatic rings. The Labute approximate surface area is 229 Å². The van der Waals surface area contributed by atoms with E-state index in [1.807, 2.05) is 0 Å². The molecule has 2 heterocycles. The van der Waals surface area contributed by atoms with Crippen LogP contribution in [0.15, 0.2) is 82.5 Å². The Hall–Kier alpha value is -5.40. The molecule has 2 aromatic carbocycles. The van der Waals surface area contributed by atoms with Crippen molar-refractivity contribution in [2.75, 3.05) is 11.9 Å². The molecule has 2 amide bonds. The molecule has 14 heteroatoms. The van der Waals surface area contributed by atoms with Crippen molar-refractivity contribution in [1.82, 2.24) is 19.9 Å². The number of nitrogens with one attached hydrogen (secondary N) is 2. The van der Waals surface area contributed by atoms with Crippen LogP contribution in [0, 0.1) is 0 Å². The van der Waals surface area contributed by atoms with E-state index in [0.29, 0.717) is 11.1 Å². The Morgan fingerprint density at radius 3 is 2.37 bits per heavy atom. The molecule has 212 valence electrons. The molecule has 0 spiro atoms. The summed E-state index contributed by atoms with van der Waals surface area (Å²) < 4.78 is 44.6. The van der Waals surface area contributed by atoms with E-state index in [1.54, 1.807) is 30.3 Å². The maximum Gasteiger partial charge on any atom is 0.573 e. The molecule has 41 heavy (non-hydrogen) atoms. The largest absolute Gasteiger partial charge is 0.573 e. The van der Waals surface area contributed by atoms with E-state index in [4.69, 9.17) is 5.11 Å². The van der Waals surface area contributed by atoms with Crippen molar-refractivity contribution in [2.45, 2.75) is 19.5 Å². The number of hydrogen-bond donors (Lipinski definition) is 3. The van der Waals surface area contributed by atoms with E-state index in [2.05, 4.69) is 20.0 Å². The average molecular weight is 569 g/mol. The number of carboxylic acid groups (broad SMARTS) is 1. The third-order valence-electron chi connectivity index (χ3n) is 5.89. The van der Waals surface area contributed by atoms with Gasteiger partial charge in [-0.05, 0) is 29.3 Å². The van der Waals surface area contributed by atoms with Crippen molar-refractivity contribution < 1.29 is 32.6 Å². The Bertz CT molecular complexity index is 1650. The molecule has 0 bridgehead atoms. The van der Waals surface area contributed by atoms with E-state index >= 15 is 0 Å². The lowest BCUT2D eigenvalue weighted by atomic mass is 10.0. The van der Waals surface area contributed by atoms with E-state index in [0.717, 1.165) is 21.6 Å². The number of carbonyl (C=O) groups is 2. The second-order valence-electron chi connectivity index (χ2n) is 8.70. The highest BCUT2D eigenvalue weighted by Gasteiger charge is 2.32. The van der Waals surface area contributed by atoms with Crippen molar-refractivity contribution in [3.05, 3.63) is 111 Å². The molecule has 3 N–H and O–H groups in total. The molecule has 0 saturated carbocycles. The number of amides is 2. The lowest BCUT2D eigenvalue weighted by Gasteiger charge is -2.16. The van der Waals surface area contributed by atoms with Crippen LogP contribution in [0.5, 0.6) is 5.75 Å². The number of aromatic amines is 1. The van der Waals surface area contributed by atoms with Crippen LogP contribution < -0.4 is 26.2 Å². The first kappa shape index (κ1) is 28.6. The number of pyridine rings is 1. The van der Waals surface area contributed by atoms with E-state index in [9.17, 15) is 32.3 Å². The molecule has 11 nitrogen and oxygen atoms in total. The van der Waals surface area contributed by atoms with Crippen molar-refractivity contribution >= 4 is 17.8 Å². The average Bonchev–Trinajstić information content (AvgIpc) is 2.93. The number of halogens is 3. The molecule has 4 aromatic rings. The minimum absolute atomic E-state index is 0.0180. The number of H-pyrrole nitrogens is 1. The summed E-state index contributed by atoms with van der Waals surface area (Å²) in [5, 5.41) is 11.4. The lowest BCUT2D eigenvalue weighted by molar-refractivity contribution is -0.274. The van der Waals surface area contributed by atoms with Gasteiger partial charge in [0, 0.05) is 37.0 Å². The Morgan fingerprint density at radius 1 is 1.05 bits per heavy atom. The predicted octanol–water partition coefficient (Wildman–Crippen LogP) is 3.59. The van der Waals surface area contributed by atoms with Crippen LogP contribution >= 0.6 is 0 Å². The molecule has 2 aromatic heterocycles. The standard InChI is InChI=1S/C27H22F3N5O6/c1-34(26(39)40)22-10-9-18(13-31-22)17-7-8-19(21(11-17)41-27(28,29)30)14-32-24(37)20-12-23(36)35(25(38)33-20)15-16-5-3-2-4-6-16/h2-13H,14-15H2,1H3,(H,32,37)(H,33,38)(H,39,40). The van der Waals surface area contributed by atoms with Gasteiger partial charge >= 0.3 is 18.1 Å². The van der Waals surface area contributed by atoms with Gasteiger partial charge in [0.1, 0.15) is 17.3 Å². The summed E-state index contributed by atoms with van der Waals surface area (Å²) >= 11 is 0. The molecule has 0 saturated heterocycles. The fraction of sp³-hybridized carbons (Fsp3) is 0.148. The summed E-state index contributed by atoms with van der Waals surface area (Å²) in [6, 6.07) is 16.4. The van der Waals surface area contributed by atoms with Gasteiger partial charge in [-0.3, -0.25) is 19.1 Å². The number of alkyl halides is 3. The number of anilines is 1. The first-order valence-corrected chi connectivity index (χ1v) is 11.9. The van der Waals surface area contributed by atoms with Gasteiger partial charge in [-0.1, -0.05) is 42.5 Å². The van der Waals surface area contributed by atoms with Gasteiger partial charge in [-0.2, -0.15) is 0 Å². The second kappa shape index (κ2) is 11.8. The molecule has 0 atom stereocenters. The van der Waals surface area contributed by atoms with Crippen LogP contribution in [0.3, 0.4) is 0 Å². The van der Waals surface area contributed by atoms with Gasteiger partial charge in [0.15, 0.2) is 0 Å². The minimum atomic E-state index is -5.04. The first-order valence-electron chi connectivity index (χ1n) is 11.9. The molecule has 0 radical (unpaired) electrons. The number of nitrogens with zero attached hydrogens (tertiary/aromatic N) is 3. The number of aromatic nitrogens is 3. The maximum absolute atomic E-state index is 13.2. The van der Waals surface area contributed by atoms with Crippen molar-refractivity contribution in [2.24, 2.45) is 0 Å². The summed E-state index contributed by atoms with van der Waals surface area (Å²) in [7, 11) is 1.29. The van der Waals surface area contributed by atoms with Crippen molar-refractivity contribution in [3.63, 3.8) is 0 Å². The number of hydrogen-bond acceptors (Lipinski definition) is 6. The SMILES string of the molecule is CN(C(=O)O)c1ccc(-c2ccc(CNC(=O)c3cc(=O)n(Cc4ccccc4)c(=O)[nH]3)c(OC(F)(F)F)c2)cn1. The monoisotopic (exact) mass is 569 g/mol. The maximum atomic E-state index is 13.2. The first-order chi connectivity index (χ1) is 19.4. The van der Waals surface area contributed by atoms with Crippen LogP contribution in [0.25, 0.3) is 11.1 Å². The van der Waals surface area contributed by atoms with Crippen molar-refractivity contribution in [1.29, 1.82) is 0 Å². The van der Waals surface area contributed by atoms with Gasteiger partial charge in [0.25, 0.3) is 11.5 Å². The van der Waals surface area contributed by atoms with Gasteiger partial charge in [0.05, 0.1) is 6.54 Å². The molecule has 0 aliphatic heterocycles. The number of benzene rings is 2. The van der Waals surface area contributed by atoms with Crippen LogP contribution in [0.1, 0.15) is 21.6 Å². The quantitative estimate of drug-likeness (QED) is 0.294. The second-order valence-corrected chi connectivity index (χ2v) is 8.70. The van der Waals surface area contributed by atoms with Crippen LogP contribution in [-0.4, -0.2) is 45.1 Å². The lowest BCUT2D eigenvalue weighted by Crippen LogP contribution is -2.38. The molecule has 0 unspecified atom stereocenters. The van der Waals surface area contributed by atoms with Gasteiger partial charge < -0.3 is 20.1 Å². The summed E-state index contributed by atoms with van der Waals surface area (Å²) in [6.45, 7) is -0.448. The van der Waals surface area contributed by atoms with Gasteiger partial charge in [-0.15, -0.1) is 13.2 Å². The van der Waals surface area contributed by atoms with Gasteiger partial charge in [-0.25, -0.2) is 14.6 Å². The van der Waals surface area contributed by atoms with E-state index in [1.165, 1.54) is 37.5 Å². The fourth-order valence-electron chi connectivity index (χ4n) is 3.78. The highest BCUT2D eigenvalue weighted by molar-refractivity contribution is 5.92. The normalized spacial score (nSPS) is 11.1. The molecule has 4 rings (SSSR count). The smallest absolute Gasteiger partial charge is 0.465 e. The third-order valence-corrected chi connectivity index (χ3v) is 5.89. The van der Waals surface area contributed by atoms with E-state index < -0.39 is 41.9 Å². The molecule has 0 fully saturated rings. The highest BCUT2D eigenvalue weighted by atomic mass is 19.4. The third kappa shape index (κ3) is 7.17. The van der Waals surface area contributed by atoms with Crippen LogP contribution in [0.2, 0.25) is 0 Å². The zero-order chi connectivity index (χ0) is 29.7. The Kier molecular flexibility index (Phi) is 8.21. The highest BCUT2D eigenvalue weighted by Crippen LogP contribution is 2.32. The summed E-state index contributed by atoms with van der Waals surface area (Å²) in [5.41, 5.74) is -0.622. The molecule has 0 aliphatic carbocycles. The number of carbonyl (C=O) groups excluding carboxylic acids is 1. The number of ether oxygens (including phenoxy) is 1. The molecular weight excluding hydrogens is 547 g/mol. The minimum Gasteiger partial charge on any atom is -0.465 e. The topological polar surface area (TPSA) is 147 Å². The van der Waals surface area contributed by atoms with Crippen LogP contribution in [0.4, 0.5) is 23.8 Å². The van der Waals surface area contributed by atoms with Gasteiger partial charge in [0.2, 0.25) is 0 Å². The number of rotatable bonds is 8. The fourth-order valence-corrected chi connectivity index (χ4v) is 3.78. The van der Waals surface area contributed by atoms with Crippen LogP contribution in [-0.2, 0) is 13.1 Å².